The zero-order chi connectivity index (χ0) is 18.1. The molecule has 1 fully saturated rings. The largest absolute Gasteiger partial charge is 0.492 e. The van der Waals surface area contributed by atoms with E-state index in [1.54, 1.807) is 18.2 Å². The first-order chi connectivity index (χ1) is 12.6. The zero-order valence-electron chi connectivity index (χ0n) is 13.8. The molecule has 136 valence electrons. The van der Waals surface area contributed by atoms with Gasteiger partial charge < -0.3 is 19.5 Å². The average Bonchev–Trinajstić information content (AvgIpc) is 3.30. The number of carbonyl (C=O) groups excluding carboxylic acids is 1. The molecule has 2 aliphatic rings. The molecule has 1 aliphatic heterocycles. The van der Waals surface area contributed by atoms with Crippen LogP contribution in [0.15, 0.2) is 36.4 Å². The minimum absolute atomic E-state index is 0.0142. The van der Waals surface area contributed by atoms with Gasteiger partial charge in [0.1, 0.15) is 12.4 Å². The van der Waals surface area contributed by atoms with E-state index in [-0.39, 0.29) is 24.5 Å². The Bertz CT molecular complexity index is 842. The van der Waals surface area contributed by atoms with Crippen LogP contribution in [0.4, 0.5) is 0 Å². The van der Waals surface area contributed by atoms with E-state index in [1.807, 2.05) is 18.2 Å². The Balaban J connectivity index is 1.23. The van der Waals surface area contributed by atoms with Gasteiger partial charge in [0.2, 0.25) is 12.7 Å². The Hall–Kier alpha value is -2.11. The molecule has 0 spiro atoms. The molecule has 4 rings (SSSR count). The maximum Gasteiger partial charge on any atom is 0.231 e. The summed E-state index contributed by atoms with van der Waals surface area (Å²) in [6.45, 7) is 1.04. The van der Waals surface area contributed by atoms with Crippen LogP contribution in [-0.2, 0) is 4.79 Å². The minimum atomic E-state index is -0.0588. The van der Waals surface area contributed by atoms with Crippen LogP contribution in [0.3, 0.4) is 0 Å². The third kappa shape index (κ3) is 3.55. The molecular weight excluding hydrogens is 377 g/mol. The first-order valence-corrected chi connectivity index (χ1v) is 9.13. The lowest BCUT2D eigenvalue weighted by Gasteiger charge is -2.09. The van der Waals surface area contributed by atoms with Crippen molar-refractivity contribution in [2.75, 3.05) is 19.9 Å². The van der Waals surface area contributed by atoms with E-state index in [9.17, 15) is 4.79 Å². The molecule has 26 heavy (non-hydrogen) atoms. The van der Waals surface area contributed by atoms with Crippen LogP contribution in [-0.4, -0.2) is 25.9 Å². The monoisotopic (exact) mass is 393 g/mol. The Morgan fingerprint density at radius 2 is 2.04 bits per heavy atom. The van der Waals surface area contributed by atoms with Gasteiger partial charge >= 0.3 is 0 Å². The predicted octanol–water partition coefficient (Wildman–Crippen LogP) is 4.02. The Morgan fingerprint density at radius 3 is 2.92 bits per heavy atom. The number of hydrogen-bond donors (Lipinski definition) is 1. The van der Waals surface area contributed by atoms with Crippen LogP contribution in [0.5, 0.6) is 17.2 Å². The van der Waals surface area contributed by atoms with Gasteiger partial charge in [0.15, 0.2) is 11.5 Å². The van der Waals surface area contributed by atoms with Gasteiger partial charge in [-0.1, -0.05) is 35.3 Å². The molecule has 0 bridgehead atoms. The lowest BCUT2D eigenvalue weighted by molar-refractivity contribution is -0.122. The van der Waals surface area contributed by atoms with Crippen LogP contribution < -0.4 is 19.5 Å². The molecular formula is C19H17Cl2NO4. The number of amides is 1. The fourth-order valence-electron chi connectivity index (χ4n) is 3.08. The van der Waals surface area contributed by atoms with Gasteiger partial charge in [0.05, 0.1) is 16.6 Å². The standard InChI is InChI=1S/C19H17Cl2NO4/c20-15-3-1-2-12(18(15)21)13-9-14(13)19(23)22-6-7-24-11-4-5-16-17(8-11)26-10-25-16/h1-5,8,13-14H,6-7,9-10H2,(H,22,23). The molecule has 0 aromatic heterocycles. The van der Waals surface area contributed by atoms with Gasteiger partial charge in [-0.3, -0.25) is 4.79 Å². The lowest BCUT2D eigenvalue weighted by Crippen LogP contribution is -2.29. The molecule has 5 nitrogen and oxygen atoms in total. The zero-order valence-corrected chi connectivity index (χ0v) is 15.3. The van der Waals surface area contributed by atoms with E-state index in [4.69, 9.17) is 37.4 Å². The molecule has 1 amide bonds. The van der Waals surface area contributed by atoms with E-state index in [1.165, 1.54) is 0 Å². The van der Waals surface area contributed by atoms with Crippen molar-refractivity contribution < 1.29 is 19.0 Å². The highest BCUT2D eigenvalue weighted by Crippen LogP contribution is 2.50. The third-order valence-corrected chi connectivity index (χ3v) is 5.36. The van der Waals surface area contributed by atoms with E-state index in [0.29, 0.717) is 40.4 Å². The average molecular weight is 394 g/mol. The summed E-state index contributed by atoms with van der Waals surface area (Å²) in [7, 11) is 0. The first-order valence-electron chi connectivity index (χ1n) is 8.37. The van der Waals surface area contributed by atoms with Gasteiger partial charge in [-0.25, -0.2) is 0 Å². The predicted molar refractivity (Wildman–Crippen MR) is 98.4 cm³/mol. The van der Waals surface area contributed by atoms with Crippen molar-refractivity contribution in [3.05, 3.63) is 52.0 Å². The molecule has 2 aromatic rings. The first kappa shape index (κ1) is 17.3. The number of carbonyl (C=O) groups is 1. The second-order valence-electron chi connectivity index (χ2n) is 6.25. The van der Waals surface area contributed by atoms with Crippen molar-refractivity contribution in [2.45, 2.75) is 12.3 Å². The molecule has 7 heteroatoms. The van der Waals surface area contributed by atoms with Crippen molar-refractivity contribution in [1.82, 2.24) is 5.32 Å². The summed E-state index contributed by atoms with van der Waals surface area (Å²) in [5.41, 5.74) is 0.941. The summed E-state index contributed by atoms with van der Waals surface area (Å²) in [5, 5.41) is 3.97. The van der Waals surface area contributed by atoms with Crippen LogP contribution in [0, 0.1) is 5.92 Å². The van der Waals surface area contributed by atoms with Gasteiger partial charge in [-0.2, -0.15) is 0 Å². The minimum Gasteiger partial charge on any atom is -0.492 e. The summed E-state index contributed by atoms with van der Waals surface area (Å²) in [6.07, 6.45) is 0.787. The molecule has 2 atom stereocenters. The Morgan fingerprint density at radius 1 is 1.19 bits per heavy atom. The van der Waals surface area contributed by atoms with Crippen molar-refractivity contribution in [1.29, 1.82) is 0 Å². The van der Waals surface area contributed by atoms with Crippen LogP contribution in [0.2, 0.25) is 10.0 Å². The number of halogens is 2. The molecule has 2 unspecified atom stereocenters. The summed E-state index contributed by atoms with van der Waals surface area (Å²) >= 11 is 12.3. The maximum atomic E-state index is 12.3. The topological polar surface area (TPSA) is 56.8 Å². The fraction of sp³-hybridized carbons (Fsp3) is 0.316. The van der Waals surface area contributed by atoms with Crippen LogP contribution in [0.1, 0.15) is 17.9 Å². The molecule has 1 aliphatic carbocycles. The number of ether oxygens (including phenoxy) is 3. The lowest BCUT2D eigenvalue weighted by atomic mass is 10.1. The fourth-order valence-corrected chi connectivity index (χ4v) is 3.52. The Kier molecular flexibility index (Phi) is 4.83. The number of hydrogen-bond acceptors (Lipinski definition) is 4. The number of fused-ring (bicyclic) bond motifs is 1. The molecule has 1 N–H and O–H groups in total. The quantitative estimate of drug-likeness (QED) is 0.752. The highest BCUT2D eigenvalue weighted by atomic mass is 35.5. The number of benzene rings is 2. The smallest absolute Gasteiger partial charge is 0.231 e. The van der Waals surface area contributed by atoms with Crippen molar-refractivity contribution in [2.24, 2.45) is 5.92 Å². The normalized spacial score (nSPS) is 19.9. The molecule has 0 saturated heterocycles. The van der Waals surface area contributed by atoms with Crippen molar-refractivity contribution in [3.8, 4) is 17.2 Å². The van der Waals surface area contributed by atoms with Gasteiger partial charge in [0, 0.05) is 12.0 Å². The molecule has 0 radical (unpaired) electrons. The molecule has 1 heterocycles. The van der Waals surface area contributed by atoms with E-state index in [2.05, 4.69) is 5.32 Å². The van der Waals surface area contributed by atoms with E-state index >= 15 is 0 Å². The second-order valence-corrected chi connectivity index (χ2v) is 7.03. The molecule has 2 aromatic carbocycles. The molecule has 1 saturated carbocycles. The number of rotatable bonds is 6. The SMILES string of the molecule is O=C(NCCOc1ccc2c(c1)OCO2)C1CC1c1cccc(Cl)c1Cl. The van der Waals surface area contributed by atoms with Crippen LogP contribution in [0.25, 0.3) is 0 Å². The number of nitrogens with one attached hydrogen (secondary N) is 1. The summed E-state index contributed by atoms with van der Waals surface area (Å²) in [5.74, 6) is 2.15. The van der Waals surface area contributed by atoms with Crippen molar-refractivity contribution >= 4 is 29.1 Å². The Labute approximate surface area is 161 Å². The van der Waals surface area contributed by atoms with Crippen molar-refractivity contribution in [3.63, 3.8) is 0 Å². The second kappa shape index (κ2) is 7.25. The highest BCUT2D eigenvalue weighted by molar-refractivity contribution is 6.42. The third-order valence-electron chi connectivity index (χ3n) is 4.52. The van der Waals surface area contributed by atoms with Gasteiger partial charge in [-0.05, 0) is 36.1 Å². The maximum absolute atomic E-state index is 12.3. The summed E-state index contributed by atoms with van der Waals surface area (Å²) < 4.78 is 16.2. The van der Waals surface area contributed by atoms with E-state index in [0.717, 1.165) is 12.0 Å². The van der Waals surface area contributed by atoms with Gasteiger partial charge in [-0.15, -0.1) is 0 Å². The summed E-state index contributed by atoms with van der Waals surface area (Å²) in [6, 6.07) is 10.9. The van der Waals surface area contributed by atoms with Gasteiger partial charge in [0.25, 0.3) is 0 Å². The summed E-state index contributed by atoms with van der Waals surface area (Å²) in [4.78, 5) is 12.3. The van der Waals surface area contributed by atoms with E-state index < -0.39 is 0 Å². The van der Waals surface area contributed by atoms with Crippen LogP contribution >= 0.6 is 23.2 Å². The highest BCUT2D eigenvalue weighted by Gasteiger charge is 2.44.